The minimum absolute atomic E-state index is 0.620. The van der Waals surface area contributed by atoms with Gasteiger partial charge in [-0.2, -0.15) is 0 Å². The first-order valence-electron chi connectivity index (χ1n) is 4.55. The molecule has 14 heavy (non-hydrogen) atoms. The van der Waals surface area contributed by atoms with Crippen LogP contribution in [0, 0.1) is 6.92 Å². The number of rotatable bonds is 3. The van der Waals surface area contributed by atoms with E-state index in [4.69, 9.17) is 0 Å². The summed E-state index contributed by atoms with van der Waals surface area (Å²) >= 11 is 0. The summed E-state index contributed by atoms with van der Waals surface area (Å²) in [4.78, 5) is 0. The summed E-state index contributed by atoms with van der Waals surface area (Å²) in [6, 6.07) is 7.19. The molecule has 3 heteroatoms. The summed E-state index contributed by atoms with van der Waals surface area (Å²) in [5.74, 6) is 0. The van der Waals surface area contributed by atoms with Gasteiger partial charge in [0.2, 0.25) is 0 Å². The third kappa shape index (κ3) is 1.93. The van der Waals surface area contributed by atoms with Crippen molar-refractivity contribution >= 4 is 0 Å². The molecule has 0 saturated heterocycles. The Bertz CT molecular complexity index is 312. The van der Waals surface area contributed by atoms with Crippen LogP contribution in [0.5, 0.6) is 0 Å². The van der Waals surface area contributed by atoms with E-state index < -0.39 is 12.0 Å². The van der Waals surface area contributed by atoms with E-state index in [1.807, 2.05) is 13.0 Å². The van der Waals surface area contributed by atoms with Crippen molar-refractivity contribution in [2.24, 2.45) is 0 Å². The quantitative estimate of drug-likeness (QED) is 0.789. The van der Waals surface area contributed by atoms with E-state index in [1.54, 1.807) is 25.2 Å². The van der Waals surface area contributed by atoms with Gasteiger partial charge < -0.3 is 5.32 Å². The summed E-state index contributed by atoms with van der Waals surface area (Å²) in [5.41, 5.74) is 0.353. The van der Waals surface area contributed by atoms with E-state index in [0.717, 1.165) is 5.56 Å². The second kappa shape index (κ2) is 4.05. The van der Waals surface area contributed by atoms with Crippen molar-refractivity contribution in [2.75, 3.05) is 7.05 Å². The second-order valence-corrected chi connectivity index (χ2v) is 3.62. The predicted molar refractivity (Wildman–Crippen MR) is 53.6 cm³/mol. The molecule has 0 aliphatic heterocycles. The van der Waals surface area contributed by atoms with Gasteiger partial charge in [-0.1, -0.05) is 29.8 Å². The van der Waals surface area contributed by atoms with Gasteiger partial charge in [0.1, 0.15) is 5.54 Å². The molecule has 1 atom stereocenters. The number of halogens is 2. The molecule has 0 bridgehead atoms. The molecule has 0 radical (unpaired) electrons. The number of hydrogen-bond acceptors (Lipinski definition) is 1. The standard InChI is InChI=1S/C11H15F2N/c1-8-5-4-6-9(7-8)11(2,14-3)10(12)13/h4-7,10,14H,1-3H3. The summed E-state index contributed by atoms with van der Waals surface area (Å²) in [5, 5.41) is 2.67. The molecule has 0 saturated carbocycles. The Morgan fingerprint density at radius 1 is 1.36 bits per heavy atom. The van der Waals surface area contributed by atoms with Gasteiger partial charge in [-0.25, -0.2) is 8.78 Å². The summed E-state index contributed by atoms with van der Waals surface area (Å²) in [6.07, 6.45) is -2.42. The van der Waals surface area contributed by atoms with Gasteiger partial charge in [-0.3, -0.25) is 0 Å². The maximum absolute atomic E-state index is 12.8. The first kappa shape index (κ1) is 11.1. The summed E-state index contributed by atoms with van der Waals surface area (Å²) in [6.45, 7) is 3.40. The third-order valence-electron chi connectivity index (χ3n) is 2.57. The molecule has 1 nitrogen and oxygen atoms in total. The molecule has 1 rings (SSSR count). The Kier molecular flexibility index (Phi) is 3.21. The molecule has 78 valence electrons. The van der Waals surface area contributed by atoms with Crippen molar-refractivity contribution in [1.82, 2.24) is 5.32 Å². The minimum atomic E-state index is -2.42. The Labute approximate surface area is 83.1 Å². The molecule has 0 spiro atoms. The Morgan fingerprint density at radius 3 is 2.43 bits per heavy atom. The number of alkyl halides is 2. The van der Waals surface area contributed by atoms with E-state index in [2.05, 4.69) is 5.32 Å². The van der Waals surface area contributed by atoms with Crippen LogP contribution < -0.4 is 5.32 Å². The number of hydrogen-bond donors (Lipinski definition) is 1. The first-order chi connectivity index (χ1) is 6.50. The van der Waals surface area contributed by atoms with Gasteiger partial charge >= 0.3 is 0 Å². The molecule has 0 heterocycles. The van der Waals surface area contributed by atoms with Gasteiger partial charge in [0.15, 0.2) is 0 Å². The molecule has 1 unspecified atom stereocenters. The molecular formula is C11H15F2N. The maximum atomic E-state index is 12.8. The van der Waals surface area contributed by atoms with Crippen LogP contribution in [0.3, 0.4) is 0 Å². The number of aryl methyl sites for hydroxylation is 1. The van der Waals surface area contributed by atoms with E-state index >= 15 is 0 Å². The number of benzene rings is 1. The minimum Gasteiger partial charge on any atom is -0.306 e. The normalized spacial score (nSPS) is 15.6. The fourth-order valence-electron chi connectivity index (χ4n) is 1.35. The van der Waals surface area contributed by atoms with Crippen LogP contribution in [0.2, 0.25) is 0 Å². The van der Waals surface area contributed by atoms with Gasteiger partial charge in [0.25, 0.3) is 6.43 Å². The lowest BCUT2D eigenvalue weighted by Gasteiger charge is -2.29. The van der Waals surface area contributed by atoms with Crippen LogP contribution >= 0.6 is 0 Å². The van der Waals surface area contributed by atoms with Crippen LogP contribution in [0.4, 0.5) is 8.78 Å². The lowest BCUT2D eigenvalue weighted by Crippen LogP contribution is -2.43. The Hall–Kier alpha value is -0.960. The molecule has 1 aromatic rings. The maximum Gasteiger partial charge on any atom is 0.260 e. The highest BCUT2D eigenvalue weighted by Gasteiger charge is 2.34. The molecule has 0 aliphatic carbocycles. The van der Waals surface area contributed by atoms with Crippen molar-refractivity contribution in [3.8, 4) is 0 Å². The van der Waals surface area contributed by atoms with Crippen LogP contribution in [-0.2, 0) is 5.54 Å². The molecule has 0 amide bonds. The lowest BCUT2D eigenvalue weighted by atomic mass is 9.91. The lowest BCUT2D eigenvalue weighted by molar-refractivity contribution is 0.0431. The third-order valence-corrected chi connectivity index (χ3v) is 2.57. The highest BCUT2D eigenvalue weighted by Crippen LogP contribution is 2.27. The van der Waals surface area contributed by atoms with Crippen molar-refractivity contribution in [3.05, 3.63) is 35.4 Å². The van der Waals surface area contributed by atoms with Gasteiger partial charge in [0.05, 0.1) is 0 Å². The molecule has 0 fully saturated rings. The van der Waals surface area contributed by atoms with Crippen LogP contribution in [0.25, 0.3) is 0 Å². The van der Waals surface area contributed by atoms with Crippen molar-refractivity contribution in [3.63, 3.8) is 0 Å². The first-order valence-corrected chi connectivity index (χ1v) is 4.55. The van der Waals surface area contributed by atoms with Crippen LogP contribution in [-0.4, -0.2) is 13.5 Å². The topological polar surface area (TPSA) is 12.0 Å². The smallest absolute Gasteiger partial charge is 0.260 e. The van der Waals surface area contributed by atoms with E-state index in [0.29, 0.717) is 5.56 Å². The molecule has 0 aliphatic rings. The zero-order valence-corrected chi connectivity index (χ0v) is 8.64. The summed E-state index contributed by atoms with van der Waals surface area (Å²) < 4.78 is 25.7. The van der Waals surface area contributed by atoms with Crippen molar-refractivity contribution in [2.45, 2.75) is 25.8 Å². The Balaban J connectivity index is 3.12. The average Bonchev–Trinajstić information content (AvgIpc) is 2.16. The van der Waals surface area contributed by atoms with E-state index in [1.165, 1.54) is 6.92 Å². The molecule has 1 aromatic carbocycles. The van der Waals surface area contributed by atoms with Crippen molar-refractivity contribution < 1.29 is 8.78 Å². The molecular weight excluding hydrogens is 184 g/mol. The van der Waals surface area contributed by atoms with Crippen molar-refractivity contribution in [1.29, 1.82) is 0 Å². The van der Waals surface area contributed by atoms with Crippen LogP contribution in [0.15, 0.2) is 24.3 Å². The molecule has 1 N–H and O–H groups in total. The SMILES string of the molecule is CNC(C)(c1cccc(C)c1)C(F)F. The van der Waals surface area contributed by atoms with Gasteiger partial charge in [0, 0.05) is 0 Å². The fourth-order valence-corrected chi connectivity index (χ4v) is 1.35. The average molecular weight is 199 g/mol. The van der Waals surface area contributed by atoms with Crippen LogP contribution in [0.1, 0.15) is 18.1 Å². The highest BCUT2D eigenvalue weighted by atomic mass is 19.3. The highest BCUT2D eigenvalue weighted by molar-refractivity contribution is 5.29. The monoisotopic (exact) mass is 199 g/mol. The largest absolute Gasteiger partial charge is 0.306 e. The van der Waals surface area contributed by atoms with E-state index in [-0.39, 0.29) is 0 Å². The summed E-state index contributed by atoms with van der Waals surface area (Å²) in [7, 11) is 1.55. The zero-order chi connectivity index (χ0) is 10.8. The van der Waals surface area contributed by atoms with Gasteiger partial charge in [-0.05, 0) is 26.5 Å². The molecule has 0 aromatic heterocycles. The fraction of sp³-hybridized carbons (Fsp3) is 0.455. The zero-order valence-electron chi connectivity index (χ0n) is 8.64. The number of nitrogens with one attached hydrogen (secondary N) is 1. The predicted octanol–water partition coefficient (Wildman–Crippen LogP) is 2.69. The Morgan fingerprint density at radius 2 is 2.00 bits per heavy atom. The van der Waals surface area contributed by atoms with E-state index in [9.17, 15) is 8.78 Å². The second-order valence-electron chi connectivity index (χ2n) is 3.62. The van der Waals surface area contributed by atoms with Gasteiger partial charge in [-0.15, -0.1) is 0 Å².